The van der Waals surface area contributed by atoms with E-state index in [2.05, 4.69) is 49.1 Å². The van der Waals surface area contributed by atoms with Gasteiger partial charge in [-0.2, -0.15) is 0 Å². The number of ether oxygens (including phenoxy) is 1. The topological polar surface area (TPSA) is 123 Å². The summed E-state index contributed by atoms with van der Waals surface area (Å²) < 4.78 is 5.28. The van der Waals surface area contributed by atoms with E-state index in [1.165, 1.54) is 96.2 Å². The van der Waals surface area contributed by atoms with Gasteiger partial charge < -0.3 is 4.74 Å². The van der Waals surface area contributed by atoms with Crippen LogP contribution < -0.4 is 42.5 Å². The second-order valence-corrected chi connectivity index (χ2v) is 16.8. The number of carbonyl (C=O) groups is 1. The minimum Gasteiger partial charge on any atom is -0.435 e. The molecule has 9 fully saturated rings. The van der Waals surface area contributed by atoms with Crippen LogP contribution in [0.1, 0.15) is 103 Å². The SMILES string of the molecule is C=COC(=O)CC1CCCC2C3NC4NC(NC5NC(NC6NC(NC(N3)C12)C1CCCCC61)C1CCCCC51)C1CCCCC41. The second-order valence-electron chi connectivity index (χ2n) is 16.8. The van der Waals surface area contributed by atoms with Crippen molar-refractivity contribution in [3.8, 4) is 0 Å². The predicted octanol–water partition coefficient (Wildman–Crippen LogP) is 2.91. The molecule has 17 atom stereocenters. The van der Waals surface area contributed by atoms with Gasteiger partial charge in [-0.1, -0.05) is 51.5 Å². The molecule has 0 radical (unpaired) electrons. The van der Waals surface area contributed by atoms with Crippen LogP contribution in [-0.2, 0) is 9.53 Å². The molecule has 46 heavy (non-hydrogen) atoms. The summed E-state index contributed by atoms with van der Waals surface area (Å²) in [6.07, 6.45) is 23.5. The Morgan fingerprint density at radius 2 is 0.804 bits per heavy atom. The Morgan fingerprint density at radius 3 is 1.17 bits per heavy atom. The fourth-order valence-corrected chi connectivity index (χ4v) is 12.8. The van der Waals surface area contributed by atoms with Crippen molar-refractivity contribution in [2.75, 3.05) is 0 Å². The Hall–Kier alpha value is -1.11. The molecule has 9 rings (SSSR count). The monoisotopic (exact) mass is 636 g/mol. The van der Waals surface area contributed by atoms with Crippen molar-refractivity contribution >= 4 is 5.97 Å². The lowest BCUT2D eigenvalue weighted by Gasteiger charge is -2.39. The van der Waals surface area contributed by atoms with Crippen LogP contribution in [0.3, 0.4) is 0 Å². The third kappa shape index (κ3) is 5.51. The van der Waals surface area contributed by atoms with Gasteiger partial charge in [0.25, 0.3) is 0 Å². The Balaban J connectivity index is 1.05. The maximum Gasteiger partial charge on any atom is 0.310 e. The average molecular weight is 637 g/mol. The van der Waals surface area contributed by atoms with Crippen molar-refractivity contribution in [1.29, 1.82) is 0 Å². The summed E-state index contributed by atoms with van der Waals surface area (Å²) in [5.41, 5.74) is 0. The molecule has 5 saturated heterocycles. The van der Waals surface area contributed by atoms with Crippen LogP contribution in [0, 0.1) is 53.3 Å². The highest BCUT2D eigenvalue weighted by atomic mass is 16.5. The number of nitrogens with one attached hydrogen (secondary N) is 8. The largest absolute Gasteiger partial charge is 0.435 e. The number of carbonyl (C=O) groups excluding carboxylic acids is 1. The smallest absolute Gasteiger partial charge is 0.310 e. The van der Waals surface area contributed by atoms with Gasteiger partial charge in [0.05, 0.1) is 55.6 Å². The van der Waals surface area contributed by atoms with E-state index in [0.29, 0.717) is 90.5 Å². The molecule has 0 aromatic heterocycles. The molecule has 10 heteroatoms. The zero-order chi connectivity index (χ0) is 30.8. The van der Waals surface area contributed by atoms with Gasteiger partial charge in [-0.25, -0.2) is 0 Å². The molecule has 0 amide bonds. The van der Waals surface area contributed by atoms with Crippen LogP contribution >= 0.6 is 0 Å². The van der Waals surface area contributed by atoms with Gasteiger partial charge in [-0.05, 0) is 105 Å². The van der Waals surface area contributed by atoms with Crippen LogP contribution in [0.4, 0.5) is 0 Å². The summed E-state index contributed by atoms with van der Waals surface area (Å²) in [4.78, 5) is 12.8. The van der Waals surface area contributed by atoms with Crippen LogP contribution in [0.5, 0.6) is 0 Å². The van der Waals surface area contributed by atoms with E-state index in [9.17, 15) is 4.79 Å². The van der Waals surface area contributed by atoms with Gasteiger partial charge in [0, 0.05) is 6.42 Å². The lowest BCUT2D eigenvalue weighted by molar-refractivity contribution is -0.140. The van der Waals surface area contributed by atoms with Crippen molar-refractivity contribution in [3.63, 3.8) is 0 Å². The molecule has 0 aromatic rings. The third-order valence-corrected chi connectivity index (χ3v) is 14.7. The standard InChI is InChI=1S/C36H60N8O2/c1-2-46-27(45)18-19-10-9-17-26-28(19)36-43-34-25-16-8-7-15-24(25)32(41-34)39-30-21-12-4-3-11-20(21)29(37-30)38-31-22-13-5-6-14-23(22)33(40-31)42-35(26)44-36/h2,19-26,28-44H,1,3-18H2. The average Bonchev–Trinajstić information content (AvgIpc) is 3.81. The summed E-state index contributed by atoms with van der Waals surface area (Å²) in [5, 5.41) is 33.6. The maximum atomic E-state index is 12.8. The molecule has 0 spiro atoms. The quantitative estimate of drug-likeness (QED) is 0.173. The Bertz CT molecular complexity index is 1120. The molecular weight excluding hydrogens is 576 g/mol. The minimum atomic E-state index is -0.134. The van der Waals surface area contributed by atoms with Gasteiger partial charge in [0.2, 0.25) is 0 Å². The zero-order valence-electron chi connectivity index (χ0n) is 27.7. The van der Waals surface area contributed by atoms with Crippen molar-refractivity contribution in [2.24, 2.45) is 53.3 Å². The van der Waals surface area contributed by atoms with E-state index in [4.69, 9.17) is 4.74 Å². The van der Waals surface area contributed by atoms with E-state index in [0.717, 1.165) is 6.42 Å². The highest BCUT2D eigenvalue weighted by molar-refractivity contribution is 5.70. The summed E-state index contributed by atoms with van der Waals surface area (Å²) in [6.45, 7) is 3.65. The highest BCUT2D eigenvalue weighted by Crippen LogP contribution is 2.47. The molecule has 4 aliphatic carbocycles. The number of fused-ring (bicyclic) bond motifs is 20. The zero-order valence-corrected chi connectivity index (χ0v) is 27.7. The molecule has 0 aromatic carbocycles. The molecule has 5 aliphatic heterocycles. The first-order valence-electron chi connectivity index (χ1n) is 19.5. The summed E-state index contributed by atoms with van der Waals surface area (Å²) >= 11 is 0. The molecular formula is C36H60N8O2. The predicted molar refractivity (Wildman–Crippen MR) is 177 cm³/mol. The first-order valence-corrected chi connectivity index (χ1v) is 19.5. The van der Waals surface area contributed by atoms with E-state index >= 15 is 0 Å². The molecule has 4 saturated carbocycles. The Labute approximate surface area is 275 Å². The molecule has 5 heterocycles. The van der Waals surface area contributed by atoms with Crippen molar-refractivity contribution in [3.05, 3.63) is 12.8 Å². The number of hydrogen-bond donors (Lipinski definition) is 8. The highest BCUT2D eigenvalue weighted by Gasteiger charge is 2.55. The third-order valence-electron chi connectivity index (χ3n) is 14.7. The van der Waals surface area contributed by atoms with Gasteiger partial charge in [-0.15, -0.1) is 0 Å². The number of esters is 1. The number of rotatable bonds is 3. The summed E-state index contributed by atoms with van der Waals surface area (Å²) in [7, 11) is 0. The molecule has 8 bridgehead atoms. The first-order chi connectivity index (χ1) is 22.6. The summed E-state index contributed by atoms with van der Waals surface area (Å²) in [5.74, 6) is 5.00. The molecule has 10 nitrogen and oxygen atoms in total. The van der Waals surface area contributed by atoms with Crippen molar-refractivity contribution < 1.29 is 9.53 Å². The van der Waals surface area contributed by atoms with Crippen LogP contribution in [-0.4, -0.2) is 55.3 Å². The fraction of sp³-hybridized carbons (Fsp3) is 0.917. The van der Waals surface area contributed by atoms with E-state index in [1.807, 2.05) is 0 Å². The number of hydrogen-bond acceptors (Lipinski definition) is 10. The lowest BCUT2D eigenvalue weighted by atomic mass is 9.70. The molecule has 256 valence electrons. The van der Waals surface area contributed by atoms with Gasteiger partial charge in [-0.3, -0.25) is 47.3 Å². The second kappa shape index (κ2) is 13.0. The van der Waals surface area contributed by atoms with Crippen molar-refractivity contribution in [1.82, 2.24) is 42.5 Å². The summed E-state index contributed by atoms with van der Waals surface area (Å²) in [6, 6.07) is 0. The van der Waals surface area contributed by atoms with E-state index < -0.39 is 0 Å². The van der Waals surface area contributed by atoms with Crippen LogP contribution in [0.15, 0.2) is 12.8 Å². The van der Waals surface area contributed by atoms with Gasteiger partial charge in [0.15, 0.2) is 0 Å². The van der Waals surface area contributed by atoms with Crippen LogP contribution in [0.2, 0.25) is 0 Å². The van der Waals surface area contributed by atoms with E-state index in [-0.39, 0.29) is 24.5 Å². The molecule has 9 aliphatic rings. The Morgan fingerprint density at radius 1 is 0.478 bits per heavy atom. The van der Waals surface area contributed by atoms with Crippen LogP contribution in [0.25, 0.3) is 0 Å². The first kappa shape index (κ1) is 30.9. The molecule has 17 unspecified atom stereocenters. The Kier molecular flexibility index (Phi) is 8.72. The normalized spacial score (nSPS) is 53.0. The molecule has 8 N–H and O–H groups in total. The van der Waals surface area contributed by atoms with Crippen molar-refractivity contribution in [2.45, 2.75) is 152 Å². The lowest BCUT2D eigenvalue weighted by Crippen LogP contribution is -2.61. The van der Waals surface area contributed by atoms with Gasteiger partial charge >= 0.3 is 5.97 Å². The maximum absolute atomic E-state index is 12.8. The van der Waals surface area contributed by atoms with Gasteiger partial charge in [0.1, 0.15) is 0 Å². The fourth-order valence-electron chi connectivity index (χ4n) is 12.8. The minimum absolute atomic E-state index is 0.134. The van der Waals surface area contributed by atoms with E-state index in [1.54, 1.807) is 0 Å².